The van der Waals surface area contributed by atoms with Crippen LogP contribution in [0.1, 0.15) is 23.9 Å². The van der Waals surface area contributed by atoms with Gasteiger partial charge in [-0.1, -0.05) is 29.8 Å². The molecule has 6 heteroatoms. The van der Waals surface area contributed by atoms with Crippen LogP contribution in [-0.4, -0.2) is 21.9 Å². The van der Waals surface area contributed by atoms with Gasteiger partial charge in [-0.25, -0.2) is 9.98 Å². The van der Waals surface area contributed by atoms with Crippen molar-refractivity contribution >= 4 is 23.2 Å². The molecule has 130 valence electrons. The van der Waals surface area contributed by atoms with E-state index in [0.717, 1.165) is 40.1 Å². The zero-order valence-electron chi connectivity index (χ0n) is 14.5. The number of guanidine groups is 1. The first-order valence-electron chi connectivity index (χ1n) is 8.36. The summed E-state index contributed by atoms with van der Waals surface area (Å²) >= 11 is 6.02. The molecule has 3 aromatic rings. The van der Waals surface area contributed by atoms with Crippen LogP contribution in [0.15, 0.2) is 53.7 Å². The summed E-state index contributed by atoms with van der Waals surface area (Å²) in [7, 11) is 0. The van der Waals surface area contributed by atoms with Gasteiger partial charge in [0.1, 0.15) is 5.65 Å². The van der Waals surface area contributed by atoms with Crippen LogP contribution in [0.25, 0.3) is 5.65 Å². The minimum absolute atomic E-state index is 0.570. The maximum atomic E-state index is 6.02. The van der Waals surface area contributed by atoms with Gasteiger partial charge in [-0.3, -0.25) is 0 Å². The van der Waals surface area contributed by atoms with E-state index in [1.807, 2.05) is 43.3 Å². The van der Waals surface area contributed by atoms with E-state index >= 15 is 0 Å². The Morgan fingerprint density at radius 3 is 2.80 bits per heavy atom. The molecule has 0 spiro atoms. The number of pyridine rings is 1. The molecule has 2 aromatic heterocycles. The third kappa shape index (κ3) is 4.51. The van der Waals surface area contributed by atoms with Gasteiger partial charge in [0, 0.05) is 23.5 Å². The molecule has 2 heterocycles. The van der Waals surface area contributed by atoms with E-state index < -0.39 is 0 Å². The van der Waals surface area contributed by atoms with Gasteiger partial charge >= 0.3 is 0 Å². The first kappa shape index (κ1) is 17.3. The number of benzene rings is 1. The molecule has 0 saturated carbocycles. The van der Waals surface area contributed by atoms with E-state index in [1.165, 1.54) is 0 Å². The van der Waals surface area contributed by atoms with Crippen LogP contribution in [0.5, 0.6) is 0 Å². The second-order valence-corrected chi connectivity index (χ2v) is 6.24. The molecular weight excluding hydrogens is 334 g/mol. The third-order valence-electron chi connectivity index (χ3n) is 3.84. The molecule has 1 aromatic carbocycles. The average Bonchev–Trinajstić information content (AvgIpc) is 3.02. The van der Waals surface area contributed by atoms with Crippen LogP contribution in [0.3, 0.4) is 0 Å². The van der Waals surface area contributed by atoms with Gasteiger partial charge in [0.25, 0.3) is 0 Å². The van der Waals surface area contributed by atoms with Gasteiger partial charge in [-0.2, -0.15) is 0 Å². The summed E-state index contributed by atoms with van der Waals surface area (Å²) in [6.45, 7) is 6.10. The van der Waals surface area contributed by atoms with E-state index in [9.17, 15) is 0 Å². The summed E-state index contributed by atoms with van der Waals surface area (Å²) in [6.07, 6.45) is 2.05. The van der Waals surface area contributed by atoms with Crippen molar-refractivity contribution in [2.24, 2.45) is 4.99 Å². The topological polar surface area (TPSA) is 53.7 Å². The van der Waals surface area contributed by atoms with Gasteiger partial charge in [-0.15, -0.1) is 0 Å². The lowest BCUT2D eigenvalue weighted by Crippen LogP contribution is -2.36. The monoisotopic (exact) mass is 355 g/mol. The molecule has 0 saturated heterocycles. The number of hydrogen-bond donors (Lipinski definition) is 2. The lowest BCUT2D eigenvalue weighted by molar-refractivity contribution is 0.804. The van der Waals surface area contributed by atoms with Crippen molar-refractivity contribution in [2.45, 2.75) is 26.9 Å². The third-order valence-corrected chi connectivity index (χ3v) is 4.07. The first-order chi connectivity index (χ1) is 12.2. The van der Waals surface area contributed by atoms with Crippen molar-refractivity contribution in [3.05, 3.63) is 70.6 Å². The predicted octanol–water partition coefficient (Wildman–Crippen LogP) is 3.55. The molecule has 0 aliphatic rings. The molecule has 5 nitrogen and oxygen atoms in total. The largest absolute Gasteiger partial charge is 0.357 e. The molecule has 0 atom stereocenters. The second-order valence-electron chi connectivity index (χ2n) is 5.81. The number of fused-ring (bicyclic) bond motifs is 1. The molecule has 0 radical (unpaired) electrons. The minimum Gasteiger partial charge on any atom is -0.357 e. The smallest absolute Gasteiger partial charge is 0.191 e. The van der Waals surface area contributed by atoms with Gasteiger partial charge in [0.2, 0.25) is 0 Å². The highest BCUT2D eigenvalue weighted by atomic mass is 35.5. The van der Waals surface area contributed by atoms with E-state index in [-0.39, 0.29) is 0 Å². The molecular formula is C19H22ClN5. The number of hydrogen-bond acceptors (Lipinski definition) is 2. The number of halogens is 1. The molecule has 3 rings (SSSR count). The van der Waals surface area contributed by atoms with Crippen molar-refractivity contribution in [1.29, 1.82) is 0 Å². The number of aliphatic imine (C=N–C) groups is 1. The number of imidazole rings is 1. The summed E-state index contributed by atoms with van der Waals surface area (Å²) in [6, 6.07) is 13.8. The normalized spacial score (nSPS) is 11.7. The number of aromatic nitrogens is 2. The van der Waals surface area contributed by atoms with Crippen molar-refractivity contribution in [3.63, 3.8) is 0 Å². The summed E-state index contributed by atoms with van der Waals surface area (Å²) in [5.41, 5.74) is 4.17. The molecule has 2 N–H and O–H groups in total. The van der Waals surface area contributed by atoms with Gasteiger partial charge in [0.15, 0.2) is 5.96 Å². The SMILES string of the molecule is CCNC(=NCc1cccc(Cl)c1)NCc1cn2c(C)cccc2n1. The van der Waals surface area contributed by atoms with Crippen molar-refractivity contribution < 1.29 is 0 Å². The van der Waals surface area contributed by atoms with Gasteiger partial charge in [0.05, 0.1) is 18.8 Å². The number of nitrogens with one attached hydrogen (secondary N) is 2. The maximum Gasteiger partial charge on any atom is 0.191 e. The van der Waals surface area contributed by atoms with Crippen molar-refractivity contribution in [2.75, 3.05) is 6.54 Å². The van der Waals surface area contributed by atoms with Crippen LogP contribution >= 0.6 is 11.6 Å². The molecule has 25 heavy (non-hydrogen) atoms. The van der Waals surface area contributed by atoms with Gasteiger partial charge in [-0.05, 0) is 43.7 Å². The standard InChI is InChI=1S/C19H22ClN5/c1-3-21-19(22-11-15-7-5-8-16(20)10-15)23-12-17-13-25-14(2)6-4-9-18(25)24-17/h4-10,13H,3,11-12H2,1-2H3,(H2,21,22,23). The van der Waals surface area contributed by atoms with E-state index in [4.69, 9.17) is 11.6 Å². The van der Waals surface area contributed by atoms with Crippen LogP contribution < -0.4 is 10.6 Å². The Labute approximate surface area is 152 Å². The van der Waals surface area contributed by atoms with E-state index in [1.54, 1.807) is 0 Å². The molecule has 0 unspecified atom stereocenters. The van der Waals surface area contributed by atoms with Crippen molar-refractivity contribution in [3.8, 4) is 0 Å². The van der Waals surface area contributed by atoms with Crippen LogP contribution in [-0.2, 0) is 13.1 Å². The number of nitrogens with zero attached hydrogens (tertiary/aromatic N) is 3. The summed E-state index contributed by atoms with van der Waals surface area (Å²) in [5, 5.41) is 7.31. The van der Waals surface area contributed by atoms with Crippen molar-refractivity contribution in [1.82, 2.24) is 20.0 Å². The number of rotatable bonds is 5. The fourth-order valence-electron chi connectivity index (χ4n) is 2.61. The Morgan fingerprint density at radius 1 is 1.20 bits per heavy atom. The average molecular weight is 356 g/mol. The zero-order chi connectivity index (χ0) is 17.6. The number of aryl methyl sites for hydroxylation is 1. The molecule has 0 bridgehead atoms. The Kier molecular flexibility index (Phi) is 5.56. The lowest BCUT2D eigenvalue weighted by atomic mass is 10.2. The van der Waals surface area contributed by atoms with Gasteiger partial charge < -0.3 is 15.0 Å². The van der Waals surface area contributed by atoms with Crippen LogP contribution in [0.4, 0.5) is 0 Å². The Morgan fingerprint density at radius 2 is 2.04 bits per heavy atom. The first-order valence-corrected chi connectivity index (χ1v) is 8.73. The Balaban J connectivity index is 1.68. The van der Waals surface area contributed by atoms with E-state index in [0.29, 0.717) is 13.1 Å². The molecule has 0 amide bonds. The highest BCUT2D eigenvalue weighted by Crippen LogP contribution is 2.11. The predicted molar refractivity (Wildman–Crippen MR) is 103 cm³/mol. The van der Waals surface area contributed by atoms with E-state index in [2.05, 4.69) is 44.2 Å². The van der Waals surface area contributed by atoms with Crippen LogP contribution in [0, 0.1) is 6.92 Å². The Bertz CT molecular complexity index is 884. The molecule has 0 aliphatic heterocycles. The second kappa shape index (κ2) is 8.03. The Hall–Kier alpha value is -2.53. The summed E-state index contributed by atoms with van der Waals surface area (Å²) in [5.74, 6) is 0.760. The van der Waals surface area contributed by atoms with Crippen LogP contribution in [0.2, 0.25) is 5.02 Å². The summed E-state index contributed by atoms with van der Waals surface area (Å²) in [4.78, 5) is 9.25. The molecule has 0 fully saturated rings. The fourth-order valence-corrected chi connectivity index (χ4v) is 2.82. The fraction of sp³-hybridized carbons (Fsp3) is 0.263. The zero-order valence-corrected chi connectivity index (χ0v) is 15.2. The summed E-state index contributed by atoms with van der Waals surface area (Å²) < 4.78 is 2.09. The minimum atomic E-state index is 0.570. The lowest BCUT2D eigenvalue weighted by Gasteiger charge is -2.10. The molecule has 0 aliphatic carbocycles. The maximum absolute atomic E-state index is 6.02. The quantitative estimate of drug-likeness (QED) is 0.543. The highest BCUT2D eigenvalue weighted by molar-refractivity contribution is 6.30. The highest BCUT2D eigenvalue weighted by Gasteiger charge is 2.04.